The lowest BCUT2D eigenvalue weighted by molar-refractivity contribution is -0.138. The minimum Gasteiger partial charge on any atom is -0.480 e. The molecule has 1 saturated heterocycles. The van der Waals surface area contributed by atoms with E-state index in [2.05, 4.69) is 43.4 Å². The highest BCUT2D eigenvalue weighted by Crippen LogP contribution is 2.48. The number of amides is 1. The Hall–Kier alpha value is -4.15. The molecule has 4 aromatic rings. The summed E-state index contributed by atoms with van der Waals surface area (Å²) in [6.45, 7) is 3.56. The van der Waals surface area contributed by atoms with Crippen molar-refractivity contribution in [3.63, 3.8) is 0 Å². The van der Waals surface area contributed by atoms with Gasteiger partial charge in [-0.3, -0.25) is 14.5 Å². The van der Waals surface area contributed by atoms with E-state index < -0.39 is 5.97 Å². The number of fused-ring (bicyclic) bond motifs is 1. The highest BCUT2D eigenvalue weighted by atomic mass is 35.5. The fraction of sp³-hybridized carbons (Fsp3) is 0.375. The van der Waals surface area contributed by atoms with Gasteiger partial charge in [0.05, 0.1) is 24.5 Å². The van der Waals surface area contributed by atoms with E-state index in [9.17, 15) is 9.59 Å². The van der Waals surface area contributed by atoms with E-state index in [1.54, 1.807) is 6.20 Å². The van der Waals surface area contributed by atoms with Gasteiger partial charge in [-0.05, 0) is 66.5 Å². The first-order valence-corrected chi connectivity index (χ1v) is 15.2. The van der Waals surface area contributed by atoms with Crippen LogP contribution in [0.2, 0.25) is 5.02 Å². The number of anilines is 3. The lowest BCUT2D eigenvalue weighted by atomic mass is 10.1. The lowest BCUT2D eigenvalue weighted by Gasteiger charge is -2.35. The molecular weight excluding hydrogens is 566 g/mol. The molecule has 0 bridgehead atoms. The van der Waals surface area contributed by atoms with Crippen LogP contribution in [0.4, 0.5) is 17.2 Å². The number of carboxylic acids is 1. The predicted molar refractivity (Wildman–Crippen MR) is 166 cm³/mol. The summed E-state index contributed by atoms with van der Waals surface area (Å²) in [6.07, 6.45) is 9.19. The molecule has 10 nitrogen and oxygen atoms in total. The fourth-order valence-electron chi connectivity index (χ4n) is 6.06. The molecule has 2 atom stereocenters. The van der Waals surface area contributed by atoms with E-state index in [-0.39, 0.29) is 24.3 Å². The number of nitrogens with one attached hydrogen (secondary N) is 2. The molecule has 7 rings (SSSR count). The Morgan fingerprint density at radius 3 is 2.63 bits per heavy atom. The molecule has 3 fully saturated rings. The minimum absolute atomic E-state index is 0.0298. The molecule has 1 aromatic carbocycles. The van der Waals surface area contributed by atoms with Gasteiger partial charge in [0.25, 0.3) is 0 Å². The van der Waals surface area contributed by atoms with E-state index in [1.807, 2.05) is 41.3 Å². The predicted octanol–water partition coefficient (Wildman–Crippen LogP) is 4.82. The standard InChI is InChI=1S/C32H34ClN7O3/c33-23-3-1-2-21(12-23)26-15-27(26)32(43)37-29-14-24(6-7-34-29)35-16-25-18-40-17-22(20-4-5-20)13-28(31(40)36-25)39-10-8-38(9-11-39)19-30(41)42/h1-3,6-7,12-14,17-18,20,26-27H,4-5,8-11,15-16,19H2,(H,41,42)(H2,34,35,37,43)/t26-,27+/m1/s1. The van der Waals surface area contributed by atoms with Gasteiger partial charge in [0.1, 0.15) is 5.82 Å². The molecule has 3 N–H and O–H groups in total. The highest BCUT2D eigenvalue weighted by molar-refractivity contribution is 6.30. The van der Waals surface area contributed by atoms with Crippen LogP contribution < -0.4 is 15.5 Å². The van der Waals surface area contributed by atoms with Crippen molar-refractivity contribution in [1.82, 2.24) is 19.3 Å². The third-order valence-electron chi connectivity index (χ3n) is 8.61. The maximum absolute atomic E-state index is 12.9. The van der Waals surface area contributed by atoms with Crippen molar-refractivity contribution in [2.24, 2.45) is 5.92 Å². The summed E-state index contributed by atoms with van der Waals surface area (Å²) in [6, 6.07) is 13.7. The van der Waals surface area contributed by atoms with Crippen LogP contribution in [0, 0.1) is 5.92 Å². The molecule has 43 heavy (non-hydrogen) atoms. The van der Waals surface area contributed by atoms with Crippen molar-refractivity contribution in [3.05, 3.63) is 82.9 Å². The van der Waals surface area contributed by atoms with Gasteiger partial charge in [-0.25, -0.2) is 9.97 Å². The van der Waals surface area contributed by atoms with Gasteiger partial charge >= 0.3 is 5.97 Å². The van der Waals surface area contributed by atoms with E-state index >= 15 is 0 Å². The number of aliphatic carboxylic acids is 1. The van der Waals surface area contributed by atoms with E-state index in [0.29, 0.717) is 36.4 Å². The van der Waals surface area contributed by atoms with Crippen LogP contribution in [-0.4, -0.2) is 69.0 Å². The molecule has 2 saturated carbocycles. The number of imidazole rings is 1. The number of carboxylic acid groups (broad SMARTS) is 1. The number of halogens is 1. The number of hydrogen-bond acceptors (Lipinski definition) is 7. The summed E-state index contributed by atoms with van der Waals surface area (Å²) >= 11 is 6.13. The Bertz CT molecular complexity index is 1680. The average molecular weight is 600 g/mol. The molecular formula is C32H34ClN7O3. The van der Waals surface area contributed by atoms with E-state index in [0.717, 1.165) is 47.8 Å². The normalized spacial score (nSPS) is 20.3. The van der Waals surface area contributed by atoms with E-state index in [1.165, 1.54) is 18.4 Å². The van der Waals surface area contributed by atoms with E-state index in [4.69, 9.17) is 21.7 Å². The second kappa shape index (κ2) is 11.5. The third kappa shape index (κ3) is 6.30. The second-order valence-corrected chi connectivity index (χ2v) is 12.3. The Morgan fingerprint density at radius 2 is 1.86 bits per heavy atom. The fourth-order valence-corrected chi connectivity index (χ4v) is 6.26. The maximum atomic E-state index is 12.9. The number of benzene rings is 1. The van der Waals surface area contributed by atoms with Gasteiger partial charge in [-0.15, -0.1) is 0 Å². The number of pyridine rings is 2. The Kier molecular flexibility index (Phi) is 7.40. The van der Waals surface area contributed by atoms with Crippen molar-refractivity contribution in [1.29, 1.82) is 0 Å². The number of carbonyl (C=O) groups is 2. The molecule has 0 unspecified atom stereocenters. The molecule has 1 aliphatic heterocycles. The molecule has 222 valence electrons. The second-order valence-electron chi connectivity index (χ2n) is 11.8. The number of hydrogen-bond donors (Lipinski definition) is 3. The largest absolute Gasteiger partial charge is 0.480 e. The van der Waals surface area contributed by atoms with Crippen LogP contribution in [0.25, 0.3) is 5.65 Å². The molecule has 2 aliphatic carbocycles. The Morgan fingerprint density at radius 1 is 1.02 bits per heavy atom. The highest BCUT2D eigenvalue weighted by Gasteiger charge is 2.44. The quantitative estimate of drug-likeness (QED) is 0.238. The van der Waals surface area contributed by atoms with Crippen molar-refractivity contribution >= 4 is 46.3 Å². The molecule has 0 radical (unpaired) electrons. The minimum atomic E-state index is -0.786. The van der Waals surface area contributed by atoms with Crippen molar-refractivity contribution < 1.29 is 14.7 Å². The molecule has 4 heterocycles. The topological polar surface area (TPSA) is 115 Å². The Labute approximate surface area is 254 Å². The van der Waals surface area contributed by atoms with Gasteiger partial charge < -0.3 is 25.0 Å². The lowest BCUT2D eigenvalue weighted by Crippen LogP contribution is -2.48. The van der Waals surface area contributed by atoms with Crippen molar-refractivity contribution in [3.8, 4) is 0 Å². The number of carbonyl (C=O) groups excluding carboxylic acids is 1. The first-order valence-electron chi connectivity index (χ1n) is 14.9. The van der Waals surface area contributed by atoms with Crippen LogP contribution in [-0.2, 0) is 16.1 Å². The zero-order valence-corrected chi connectivity index (χ0v) is 24.5. The van der Waals surface area contributed by atoms with Crippen LogP contribution in [0.1, 0.15) is 47.9 Å². The van der Waals surface area contributed by atoms with Crippen LogP contribution in [0.15, 0.2) is 61.1 Å². The van der Waals surface area contributed by atoms with Crippen LogP contribution >= 0.6 is 11.6 Å². The summed E-state index contributed by atoms with van der Waals surface area (Å²) in [4.78, 5) is 37.7. The first kappa shape index (κ1) is 27.7. The van der Waals surface area contributed by atoms with Crippen LogP contribution in [0.3, 0.4) is 0 Å². The first-order chi connectivity index (χ1) is 20.9. The van der Waals surface area contributed by atoms with Crippen molar-refractivity contribution in [2.75, 3.05) is 48.3 Å². The molecule has 11 heteroatoms. The summed E-state index contributed by atoms with van der Waals surface area (Å²) in [5.74, 6) is 0.407. The number of aromatic nitrogens is 3. The molecule has 0 spiro atoms. The smallest absolute Gasteiger partial charge is 0.317 e. The molecule has 3 aromatic heterocycles. The summed E-state index contributed by atoms with van der Waals surface area (Å²) in [5, 5.41) is 16.3. The maximum Gasteiger partial charge on any atom is 0.317 e. The van der Waals surface area contributed by atoms with Gasteiger partial charge in [0.2, 0.25) is 5.91 Å². The van der Waals surface area contributed by atoms with Gasteiger partial charge in [-0.1, -0.05) is 23.7 Å². The third-order valence-corrected chi connectivity index (χ3v) is 8.85. The zero-order valence-electron chi connectivity index (χ0n) is 23.7. The van der Waals surface area contributed by atoms with Gasteiger partial charge in [-0.2, -0.15) is 0 Å². The van der Waals surface area contributed by atoms with Gasteiger partial charge in [0, 0.05) is 67.5 Å². The Balaban J connectivity index is 1.01. The molecule has 3 aliphatic rings. The SMILES string of the molecule is O=C(O)CN1CCN(c2cc(C3CC3)cn3cc(CNc4ccnc(NC(=O)[C@H]5C[C@@H]5c5cccc(Cl)c5)c4)nc23)CC1. The van der Waals surface area contributed by atoms with Crippen molar-refractivity contribution in [2.45, 2.75) is 37.6 Å². The summed E-state index contributed by atoms with van der Waals surface area (Å²) in [5.41, 5.74) is 6.19. The zero-order chi connectivity index (χ0) is 29.5. The average Bonchev–Trinajstić information content (AvgIpc) is 3.92. The molecule has 1 amide bonds. The summed E-state index contributed by atoms with van der Waals surface area (Å²) in [7, 11) is 0. The van der Waals surface area contributed by atoms with Gasteiger partial charge in [0.15, 0.2) is 5.65 Å². The number of nitrogens with zero attached hydrogens (tertiary/aromatic N) is 5. The number of piperazine rings is 1. The summed E-state index contributed by atoms with van der Waals surface area (Å²) < 4.78 is 2.13. The number of rotatable bonds is 10. The van der Waals surface area contributed by atoms with Crippen LogP contribution in [0.5, 0.6) is 0 Å². The monoisotopic (exact) mass is 599 g/mol.